The van der Waals surface area contributed by atoms with Gasteiger partial charge in [0.05, 0.1) is 40.3 Å². The predicted molar refractivity (Wildman–Crippen MR) is 108 cm³/mol. The molecular weight excluding hydrogens is 375 g/mol. The lowest BCUT2D eigenvalue weighted by Gasteiger charge is -2.30. The third kappa shape index (κ3) is 13.8. The Balaban J connectivity index is 2.07. The lowest BCUT2D eigenvalue weighted by Crippen LogP contribution is -2.50. The molecule has 1 rings (SSSR count). The smallest absolute Gasteiger partial charge is 0.220 e. The summed E-state index contributed by atoms with van der Waals surface area (Å²) < 4.78 is 19.0. The van der Waals surface area contributed by atoms with Gasteiger partial charge in [-0.2, -0.15) is 0 Å². The van der Waals surface area contributed by atoms with Crippen LogP contribution in [0.15, 0.2) is 24.3 Å². The molecule has 1 amide bonds. The first-order valence-corrected chi connectivity index (χ1v) is 10.3. The maximum Gasteiger partial charge on any atom is 0.220 e. The number of carbonyl (C=O) groups excluding carboxylic acids is 2. The number of nitrogens with zero attached hydrogens (tertiary/aromatic N) is 1. The monoisotopic (exact) mass is 410 g/mol. The van der Waals surface area contributed by atoms with Crippen LogP contribution in [0, 0.1) is 5.82 Å². The summed E-state index contributed by atoms with van der Waals surface area (Å²) in [5.74, 6) is -1.50. The van der Waals surface area contributed by atoms with Gasteiger partial charge >= 0.3 is 0 Å². The highest BCUT2D eigenvalue weighted by atomic mass is 19.1. The zero-order valence-electron chi connectivity index (χ0n) is 17.9. The second-order valence-electron chi connectivity index (χ2n) is 8.51. The van der Waals surface area contributed by atoms with Gasteiger partial charge in [-0.15, -0.1) is 0 Å². The van der Waals surface area contributed by atoms with Gasteiger partial charge in [0.15, 0.2) is 0 Å². The van der Waals surface area contributed by atoms with Crippen LogP contribution in [0.3, 0.4) is 0 Å². The van der Waals surface area contributed by atoms with Crippen LogP contribution in [0.2, 0.25) is 0 Å². The van der Waals surface area contributed by atoms with Crippen LogP contribution in [0.4, 0.5) is 4.39 Å². The summed E-state index contributed by atoms with van der Waals surface area (Å²) in [6.07, 6.45) is 4.97. The molecular formula is C22H35FN2O4. The topological polar surface area (TPSA) is 78.5 Å². The number of likely N-dealkylation sites (N-methyl/N-ethyl adjacent to an activating group) is 1. The van der Waals surface area contributed by atoms with Crippen molar-refractivity contribution in [1.82, 2.24) is 5.32 Å². The van der Waals surface area contributed by atoms with Crippen LogP contribution < -0.4 is 10.4 Å². The molecule has 0 radical (unpaired) electrons. The Morgan fingerprint density at radius 3 is 2.31 bits per heavy atom. The number of unbranched alkanes of at least 4 members (excludes halogenated alkanes) is 4. The SMILES string of the molecule is C[N+](C)(C)C[C@@H](CC(=O)[O-])NC(=O)CCCCCCCOCc1ccc(F)cc1. The number of hydrogen-bond acceptors (Lipinski definition) is 4. The molecule has 0 saturated heterocycles. The van der Waals surface area contributed by atoms with Gasteiger partial charge in [0, 0.05) is 25.4 Å². The lowest BCUT2D eigenvalue weighted by atomic mass is 10.1. The Labute approximate surface area is 173 Å². The number of aliphatic carboxylic acids is 1. The highest BCUT2D eigenvalue weighted by Gasteiger charge is 2.20. The minimum atomic E-state index is -1.15. The van der Waals surface area contributed by atoms with E-state index < -0.39 is 12.0 Å². The van der Waals surface area contributed by atoms with E-state index in [2.05, 4.69) is 5.32 Å². The molecule has 0 heterocycles. The Morgan fingerprint density at radius 1 is 1.07 bits per heavy atom. The summed E-state index contributed by atoms with van der Waals surface area (Å²) in [5, 5.41) is 13.7. The van der Waals surface area contributed by atoms with E-state index in [0.717, 1.165) is 37.7 Å². The minimum absolute atomic E-state index is 0.104. The number of hydrogen-bond donors (Lipinski definition) is 1. The van der Waals surface area contributed by atoms with E-state index in [1.54, 1.807) is 12.1 Å². The van der Waals surface area contributed by atoms with E-state index in [1.165, 1.54) is 12.1 Å². The molecule has 29 heavy (non-hydrogen) atoms. The minimum Gasteiger partial charge on any atom is -0.550 e. The van der Waals surface area contributed by atoms with Crippen LogP contribution in [0.25, 0.3) is 0 Å². The van der Waals surface area contributed by atoms with E-state index in [-0.39, 0.29) is 18.1 Å². The standard InChI is InChI=1S/C22H35FN2O4/c1-25(2,3)16-20(15-22(27)28)24-21(26)9-7-5-4-6-8-14-29-17-18-10-12-19(23)13-11-18/h10-13,20H,4-9,14-17H2,1-3H3,(H-,24,26,27,28)/t20-/m1/s1. The molecule has 1 aromatic rings. The fraction of sp³-hybridized carbons (Fsp3) is 0.636. The Morgan fingerprint density at radius 2 is 1.69 bits per heavy atom. The molecule has 6 nitrogen and oxygen atoms in total. The highest BCUT2D eigenvalue weighted by Crippen LogP contribution is 2.08. The molecule has 0 aliphatic carbocycles. The average Bonchev–Trinajstić information content (AvgIpc) is 2.59. The lowest BCUT2D eigenvalue weighted by molar-refractivity contribution is -0.871. The summed E-state index contributed by atoms with van der Waals surface area (Å²) in [6.45, 7) is 1.69. The number of carboxylic acids is 1. The molecule has 0 saturated carbocycles. The van der Waals surface area contributed by atoms with Gasteiger partial charge in [-0.25, -0.2) is 4.39 Å². The number of nitrogens with one attached hydrogen (secondary N) is 1. The maximum absolute atomic E-state index is 12.8. The van der Waals surface area contributed by atoms with Crippen LogP contribution >= 0.6 is 0 Å². The number of rotatable bonds is 15. The van der Waals surface area contributed by atoms with Gasteiger partial charge in [0.1, 0.15) is 5.82 Å². The first-order valence-electron chi connectivity index (χ1n) is 10.3. The van der Waals surface area contributed by atoms with Gasteiger partial charge in [-0.1, -0.05) is 31.4 Å². The van der Waals surface area contributed by atoms with E-state index in [1.807, 2.05) is 21.1 Å². The third-order valence-corrected chi connectivity index (χ3v) is 4.42. The van der Waals surface area contributed by atoms with Crippen molar-refractivity contribution in [3.63, 3.8) is 0 Å². The Kier molecular flexibility index (Phi) is 11.5. The third-order valence-electron chi connectivity index (χ3n) is 4.42. The molecule has 0 aliphatic heterocycles. The summed E-state index contributed by atoms with van der Waals surface area (Å²) in [6, 6.07) is 5.89. The zero-order chi connectivity index (χ0) is 21.7. The van der Waals surface area contributed by atoms with Crippen LogP contribution in [-0.4, -0.2) is 56.7 Å². The Bertz CT molecular complexity index is 614. The van der Waals surface area contributed by atoms with Crippen molar-refractivity contribution in [3.8, 4) is 0 Å². The molecule has 0 aromatic heterocycles. The fourth-order valence-electron chi connectivity index (χ4n) is 3.11. The van der Waals surface area contributed by atoms with E-state index in [9.17, 15) is 19.1 Å². The molecule has 164 valence electrons. The molecule has 0 bridgehead atoms. The van der Waals surface area contributed by atoms with Gasteiger partial charge < -0.3 is 24.4 Å². The van der Waals surface area contributed by atoms with Gasteiger partial charge in [0.2, 0.25) is 5.91 Å². The normalized spacial score (nSPS) is 12.6. The number of amides is 1. The molecule has 0 fully saturated rings. The maximum atomic E-state index is 12.8. The van der Waals surface area contributed by atoms with E-state index >= 15 is 0 Å². The Hall–Kier alpha value is -1.99. The molecule has 1 atom stereocenters. The highest BCUT2D eigenvalue weighted by molar-refractivity contribution is 5.77. The number of carboxylic acid groups (broad SMARTS) is 1. The van der Waals surface area contributed by atoms with Crippen molar-refractivity contribution in [2.24, 2.45) is 0 Å². The van der Waals surface area contributed by atoms with Crippen LogP contribution in [-0.2, 0) is 20.9 Å². The largest absolute Gasteiger partial charge is 0.550 e. The summed E-state index contributed by atoms with van der Waals surface area (Å²) in [5.41, 5.74) is 0.958. The summed E-state index contributed by atoms with van der Waals surface area (Å²) in [4.78, 5) is 23.0. The molecule has 0 aliphatic rings. The molecule has 7 heteroatoms. The summed E-state index contributed by atoms with van der Waals surface area (Å²) >= 11 is 0. The van der Waals surface area contributed by atoms with Crippen molar-refractivity contribution in [2.45, 2.75) is 57.6 Å². The first kappa shape index (κ1) is 25.0. The second kappa shape index (κ2) is 13.3. The first-order chi connectivity index (χ1) is 13.7. The van der Waals surface area contributed by atoms with Gasteiger partial charge in [-0.3, -0.25) is 4.79 Å². The summed E-state index contributed by atoms with van der Waals surface area (Å²) in [7, 11) is 5.87. The number of benzene rings is 1. The van der Waals surface area contributed by atoms with Crippen molar-refractivity contribution >= 4 is 11.9 Å². The molecule has 1 aromatic carbocycles. The van der Waals surface area contributed by atoms with E-state index in [0.29, 0.717) is 30.7 Å². The second-order valence-corrected chi connectivity index (χ2v) is 8.51. The van der Waals surface area contributed by atoms with Crippen LogP contribution in [0.5, 0.6) is 0 Å². The quantitative estimate of drug-likeness (QED) is 0.354. The molecule has 0 spiro atoms. The fourth-order valence-corrected chi connectivity index (χ4v) is 3.11. The molecule has 1 N–H and O–H groups in total. The predicted octanol–water partition coefficient (Wildman–Crippen LogP) is 2.01. The van der Waals surface area contributed by atoms with Crippen LogP contribution in [0.1, 0.15) is 50.5 Å². The van der Waals surface area contributed by atoms with Crippen molar-refractivity contribution in [2.75, 3.05) is 34.3 Å². The zero-order valence-corrected chi connectivity index (χ0v) is 17.9. The van der Waals surface area contributed by atoms with Crippen molar-refractivity contribution in [3.05, 3.63) is 35.6 Å². The van der Waals surface area contributed by atoms with Crippen molar-refractivity contribution < 1.29 is 28.3 Å². The number of halogens is 1. The number of ether oxygens (including phenoxy) is 1. The van der Waals surface area contributed by atoms with E-state index in [4.69, 9.17) is 4.74 Å². The van der Waals surface area contributed by atoms with Crippen molar-refractivity contribution in [1.29, 1.82) is 0 Å². The molecule has 0 unspecified atom stereocenters. The average molecular weight is 411 g/mol. The number of carbonyl (C=O) groups is 2. The van der Waals surface area contributed by atoms with Gasteiger partial charge in [-0.05, 0) is 30.5 Å². The number of quaternary nitrogens is 1. The van der Waals surface area contributed by atoms with Gasteiger partial charge in [0.25, 0.3) is 0 Å².